The molecule has 2 atom stereocenters. The van der Waals surface area contributed by atoms with Gasteiger partial charge in [0.1, 0.15) is 0 Å². The highest BCUT2D eigenvalue weighted by atomic mass is 32.1. The van der Waals surface area contributed by atoms with Crippen molar-refractivity contribution in [3.63, 3.8) is 0 Å². The molecule has 1 aliphatic heterocycles. The summed E-state index contributed by atoms with van der Waals surface area (Å²) in [4.78, 5) is 9.46. The van der Waals surface area contributed by atoms with E-state index in [1.165, 1.54) is 28.3 Å². The minimum Gasteiger partial charge on any atom is -0.385 e. The molecule has 4 aromatic rings. The molecule has 2 aromatic heterocycles. The minimum atomic E-state index is -0.0187. The average molecular weight is 553 g/mol. The molecule has 0 bridgehead atoms. The van der Waals surface area contributed by atoms with Crippen LogP contribution in [0.2, 0.25) is 0 Å². The van der Waals surface area contributed by atoms with E-state index in [0.717, 1.165) is 49.1 Å². The second-order valence-electron chi connectivity index (χ2n) is 10.3. The first-order chi connectivity index (χ1) is 19.5. The van der Waals surface area contributed by atoms with Gasteiger partial charge in [0.2, 0.25) is 0 Å². The molecule has 208 valence electrons. The van der Waals surface area contributed by atoms with E-state index in [2.05, 4.69) is 119 Å². The molecule has 40 heavy (non-hydrogen) atoms. The van der Waals surface area contributed by atoms with Crippen molar-refractivity contribution in [2.24, 2.45) is 0 Å². The van der Waals surface area contributed by atoms with Gasteiger partial charge < -0.3 is 25.0 Å². The summed E-state index contributed by atoms with van der Waals surface area (Å²) < 4.78 is 2.37. The Labute approximate surface area is 244 Å². The topological polar surface area (TPSA) is 48.4 Å². The van der Waals surface area contributed by atoms with Crippen LogP contribution in [-0.2, 0) is 0 Å². The quantitative estimate of drug-likeness (QED) is 0.157. The maximum absolute atomic E-state index is 5.93. The molecule has 1 saturated heterocycles. The Morgan fingerprint density at radius 2 is 1.68 bits per heavy atom. The van der Waals surface area contributed by atoms with Crippen molar-refractivity contribution in [2.75, 3.05) is 36.4 Å². The molecule has 2 aromatic carbocycles. The highest BCUT2D eigenvalue weighted by Crippen LogP contribution is 2.41. The number of nitrogens with one attached hydrogen (secondary N) is 2. The number of rotatable bonds is 11. The first-order valence-corrected chi connectivity index (χ1v) is 14.7. The number of nitrogens with zero attached hydrogens (tertiary/aromatic N) is 4. The fourth-order valence-electron chi connectivity index (χ4n) is 5.91. The van der Waals surface area contributed by atoms with Gasteiger partial charge in [0, 0.05) is 60.8 Å². The Morgan fingerprint density at radius 3 is 2.35 bits per heavy atom. The highest BCUT2D eigenvalue weighted by Gasteiger charge is 2.41. The summed E-state index contributed by atoms with van der Waals surface area (Å²) in [5, 5.41) is 7.94. The Balaban J connectivity index is 1.44. The summed E-state index contributed by atoms with van der Waals surface area (Å²) >= 11 is 5.93. The summed E-state index contributed by atoms with van der Waals surface area (Å²) in [5.41, 5.74) is 8.32. The van der Waals surface area contributed by atoms with Crippen LogP contribution in [0.4, 0.5) is 11.4 Å². The van der Waals surface area contributed by atoms with Crippen molar-refractivity contribution in [2.45, 2.75) is 46.2 Å². The molecule has 5 rings (SSSR count). The molecule has 1 fully saturated rings. The summed E-state index contributed by atoms with van der Waals surface area (Å²) in [6.07, 6.45) is 2.83. The van der Waals surface area contributed by atoms with Crippen LogP contribution < -0.4 is 15.5 Å². The van der Waals surface area contributed by atoms with E-state index >= 15 is 0 Å². The van der Waals surface area contributed by atoms with E-state index in [-0.39, 0.29) is 12.1 Å². The fourth-order valence-corrected chi connectivity index (χ4v) is 6.24. The van der Waals surface area contributed by atoms with Gasteiger partial charge in [0.25, 0.3) is 0 Å². The van der Waals surface area contributed by atoms with Gasteiger partial charge in [-0.3, -0.25) is 4.98 Å². The van der Waals surface area contributed by atoms with Crippen molar-refractivity contribution in [3.05, 3.63) is 108 Å². The zero-order valence-corrected chi connectivity index (χ0v) is 24.8. The minimum absolute atomic E-state index is 0.0187. The number of hydrogen-bond donors (Lipinski definition) is 2. The van der Waals surface area contributed by atoms with Gasteiger partial charge in [-0.1, -0.05) is 24.3 Å². The van der Waals surface area contributed by atoms with E-state index < -0.39 is 0 Å². The number of hydrogen-bond acceptors (Lipinski definition) is 4. The van der Waals surface area contributed by atoms with Gasteiger partial charge in [-0.25, -0.2) is 0 Å². The van der Waals surface area contributed by atoms with E-state index in [4.69, 9.17) is 17.2 Å². The SMILES string of the molecule is CCN(CC)c1ccc(-n2c(C)cc([C@@H]3[C@@H](c4ccccn4)NC(=S)N3CCCNc3ccccc3)c2C)cc1. The molecule has 0 aliphatic carbocycles. The number of pyridine rings is 1. The van der Waals surface area contributed by atoms with Gasteiger partial charge in [0.15, 0.2) is 5.11 Å². The van der Waals surface area contributed by atoms with Gasteiger partial charge >= 0.3 is 0 Å². The van der Waals surface area contributed by atoms with Crippen LogP contribution in [0.5, 0.6) is 0 Å². The van der Waals surface area contributed by atoms with Crippen LogP contribution in [-0.4, -0.2) is 45.7 Å². The number of aryl methyl sites for hydroxylation is 1. The first kappa shape index (κ1) is 27.7. The normalized spacial score (nSPS) is 16.7. The average Bonchev–Trinajstić information content (AvgIpc) is 3.47. The molecule has 1 aliphatic rings. The first-order valence-electron chi connectivity index (χ1n) is 14.3. The van der Waals surface area contributed by atoms with Crippen molar-refractivity contribution < 1.29 is 0 Å². The van der Waals surface area contributed by atoms with Crippen molar-refractivity contribution in [3.8, 4) is 5.69 Å². The maximum Gasteiger partial charge on any atom is 0.170 e. The van der Waals surface area contributed by atoms with Crippen molar-refractivity contribution in [1.29, 1.82) is 0 Å². The lowest BCUT2D eigenvalue weighted by Crippen LogP contribution is -2.31. The van der Waals surface area contributed by atoms with Crippen LogP contribution in [0.1, 0.15) is 55.0 Å². The number of anilines is 2. The van der Waals surface area contributed by atoms with Crippen LogP contribution in [0.25, 0.3) is 5.69 Å². The zero-order chi connectivity index (χ0) is 28.1. The third-order valence-electron chi connectivity index (χ3n) is 7.90. The van der Waals surface area contributed by atoms with Crippen LogP contribution in [0.3, 0.4) is 0 Å². The lowest BCUT2D eigenvalue weighted by atomic mass is 9.96. The van der Waals surface area contributed by atoms with Crippen LogP contribution >= 0.6 is 12.2 Å². The fraction of sp³-hybridized carbons (Fsp3) is 0.333. The Morgan fingerprint density at radius 1 is 0.950 bits per heavy atom. The summed E-state index contributed by atoms with van der Waals surface area (Å²) in [7, 11) is 0. The second kappa shape index (κ2) is 12.6. The van der Waals surface area contributed by atoms with Gasteiger partial charge in [-0.2, -0.15) is 0 Å². The molecule has 0 spiro atoms. The molecule has 0 radical (unpaired) electrons. The number of para-hydroxylation sites is 1. The predicted octanol–water partition coefficient (Wildman–Crippen LogP) is 6.81. The van der Waals surface area contributed by atoms with Crippen LogP contribution in [0, 0.1) is 13.8 Å². The largest absolute Gasteiger partial charge is 0.385 e. The third kappa shape index (κ3) is 5.70. The highest BCUT2D eigenvalue weighted by molar-refractivity contribution is 7.80. The molecule has 2 N–H and O–H groups in total. The standard InChI is InChI=1S/C33H40N6S/c1-5-37(6-2)27-16-18-28(19-17-27)39-24(3)23-29(25(39)4)32-31(30-15-10-11-20-35-30)36-33(40)38(32)22-12-21-34-26-13-8-7-9-14-26/h7-11,13-20,23,31-32,34H,5-6,12,21-22H2,1-4H3,(H,36,40)/t31-,32-/m1/s1. The molecular formula is C33H40N6S. The molecule has 0 amide bonds. The number of benzene rings is 2. The number of thiocarbonyl (C=S) groups is 1. The monoisotopic (exact) mass is 552 g/mol. The molecule has 3 heterocycles. The van der Waals surface area contributed by atoms with Gasteiger partial charge in [-0.05, 0) is 106 Å². The molecule has 7 heteroatoms. The summed E-state index contributed by atoms with van der Waals surface area (Å²) in [6, 6.07) is 27.8. The van der Waals surface area contributed by atoms with Gasteiger partial charge in [0.05, 0.1) is 17.8 Å². The van der Waals surface area contributed by atoms with Crippen molar-refractivity contribution in [1.82, 2.24) is 19.8 Å². The Bertz CT molecular complexity index is 1400. The third-order valence-corrected chi connectivity index (χ3v) is 8.25. The summed E-state index contributed by atoms with van der Waals surface area (Å²) in [5.74, 6) is 0. The predicted molar refractivity (Wildman–Crippen MR) is 171 cm³/mol. The molecule has 6 nitrogen and oxygen atoms in total. The second-order valence-corrected chi connectivity index (χ2v) is 10.7. The number of aromatic nitrogens is 2. The Kier molecular flexibility index (Phi) is 8.70. The van der Waals surface area contributed by atoms with Gasteiger partial charge in [-0.15, -0.1) is 0 Å². The van der Waals surface area contributed by atoms with Crippen molar-refractivity contribution >= 4 is 28.7 Å². The Hall–Kier alpha value is -3.84. The molecule has 0 unspecified atom stereocenters. The van der Waals surface area contributed by atoms with E-state index in [1.807, 2.05) is 18.3 Å². The summed E-state index contributed by atoms with van der Waals surface area (Å²) in [6.45, 7) is 12.6. The zero-order valence-electron chi connectivity index (χ0n) is 24.0. The van der Waals surface area contributed by atoms with E-state index in [1.54, 1.807) is 0 Å². The van der Waals surface area contributed by atoms with E-state index in [0.29, 0.717) is 0 Å². The lowest BCUT2D eigenvalue weighted by Gasteiger charge is -2.28. The lowest BCUT2D eigenvalue weighted by molar-refractivity contribution is 0.315. The molecular weight excluding hydrogens is 512 g/mol. The maximum atomic E-state index is 5.93. The smallest absolute Gasteiger partial charge is 0.170 e. The van der Waals surface area contributed by atoms with E-state index in [9.17, 15) is 0 Å². The molecule has 0 saturated carbocycles. The van der Waals surface area contributed by atoms with Crippen LogP contribution in [0.15, 0.2) is 85.1 Å².